The van der Waals surface area contributed by atoms with E-state index in [-0.39, 0.29) is 29.7 Å². The number of rotatable bonds is 7. The van der Waals surface area contributed by atoms with Gasteiger partial charge in [-0.25, -0.2) is 18.5 Å². The number of benzene rings is 2. The predicted octanol–water partition coefficient (Wildman–Crippen LogP) is 1.07. The molecule has 2 aromatic carbocycles. The fourth-order valence-corrected chi connectivity index (χ4v) is 4.01. The molecule has 1 fully saturated rings. The van der Waals surface area contributed by atoms with Crippen LogP contribution in [0.25, 0.3) is 0 Å². The van der Waals surface area contributed by atoms with Crippen molar-refractivity contribution in [3.63, 3.8) is 0 Å². The first kappa shape index (κ1) is 22.4. The molecule has 0 saturated carbocycles. The Labute approximate surface area is 180 Å². The number of ether oxygens (including phenoxy) is 1. The first-order valence-electron chi connectivity index (χ1n) is 9.51. The Morgan fingerprint density at radius 3 is 2.26 bits per heavy atom. The largest absolute Gasteiger partial charge is 0.497 e. The molecule has 3 rings (SSSR count). The highest BCUT2D eigenvalue weighted by molar-refractivity contribution is 7.89. The van der Waals surface area contributed by atoms with Crippen molar-refractivity contribution in [2.45, 2.75) is 30.7 Å². The quantitative estimate of drug-likeness (QED) is 0.635. The number of anilines is 1. The van der Waals surface area contributed by atoms with Crippen molar-refractivity contribution in [2.24, 2.45) is 5.14 Å². The normalized spacial score (nSPS) is 16.5. The number of sulfonamides is 1. The number of methoxy groups -OCH3 is 1. The minimum absolute atomic E-state index is 0.00799. The molecule has 0 bridgehead atoms. The summed E-state index contributed by atoms with van der Waals surface area (Å²) in [6, 6.07) is 11.6. The predicted molar refractivity (Wildman–Crippen MR) is 113 cm³/mol. The standard InChI is InChI=1S/C21H23N3O6S/c1-14(25)23(12-11-15-3-9-18(10-4-15)31(22,28)29)19-13-20(26)24(21(19)27)16-5-7-17(30-2)8-6-16/h3-10,19H,11-13H2,1-2H3,(H2,22,28,29)/t19-/m1/s1. The topological polar surface area (TPSA) is 127 Å². The highest BCUT2D eigenvalue weighted by Gasteiger charge is 2.43. The van der Waals surface area contributed by atoms with E-state index in [1.807, 2.05) is 0 Å². The average molecular weight is 445 g/mol. The maximum absolute atomic E-state index is 13.0. The third kappa shape index (κ3) is 4.92. The zero-order valence-electron chi connectivity index (χ0n) is 17.1. The summed E-state index contributed by atoms with van der Waals surface area (Å²) in [5.41, 5.74) is 1.18. The summed E-state index contributed by atoms with van der Waals surface area (Å²) >= 11 is 0. The van der Waals surface area contributed by atoms with Crippen molar-refractivity contribution < 1.29 is 27.5 Å². The smallest absolute Gasteiger partial charge is 0.257 e. The van der Waals surface area contributed by atoms with Crippen LogP contribution < -0.4 is 14.8 Å². The van der Waals surface area contributed by atoms with Gasteiger partial charge >= 0.3 is 0 Å². The van der Waals surface area contributed by atoms with Gasteiger partial charge in [0.1, 0.15) is 11.8 Å². The molecule has 2 N–H and O–H groups in total. The second-order valence-corrected chi connectivity index (χ2v) is 8.70. The molecule has 0 spiro atoms. The van der Waals surface area contributed by atoms with E-state index < -0.39 is 22.0 Å². The van der Waals surface area contributed by atoms with Crippen molar-refractivity contribution in [2.75, 3.05) is 18.6 Å². The lowest BCUT2D eigenvalue weighted by Gasteiger charge is -2.26. The maximum Gasteiger partial charge on any atom is 0.257 e. The van der Waals surface area contributed by atoms with Gasteiger partial charge < -0.3 is 9.64 Å². The molecule has 2 aromatic rings. The molecular weight excluding hydrogens is 422 g/mol. The summed E-state index contributed by atoms with van der Waals surface area (Å²) in [5, 5.41) is 5.10. The molecular formula is C21H23N3O6S. The Kier molecular flexibility index (Phi) is 6.42. The Morgan fingerprint density at radius 2 is 1.74 bits per heavy atom. The molecule has 0 radical (unpaired) electrons. The molecule has 31 heavy (non-hydrogen) atoms. The van der Waals surface area contributed by atoms with Crippen LogP contribution in [0.1, 0.15) is 18.9 Å². The fraction of sp³-hybridized carbons (Fsp3) is 0.286. The van der Waals surface area contributed by atoms with Crippen molar-refractivity contribution in [1.82, 2.24) is 4.90 Å². The summed E-state index contributed by atoms with van der Waals surface area (Å²) in [6.45, 7) is 1.54. The van der Waals surface area contributed by atoms with Gasteiger partial charge in [0.05, 0.1) is 24.1 Å². The van der Waals surface area contributed by atoms with Crippen LogP contribution in [0.4, 0.5) is 5.69 Å². The Balaban J connectivity index is 1.74. The lowest BCUT2D eigenvalue weighted by Crippen LogP contribution is -2.45. The van der Waals surface area contributed by atoms with E-state index in [9.17, 15) is 22.8 Å². The highest BCUT2D eigenvalue weighted by Crippen LogP contribution is 2.27. The van der Waals surface area contributed by atoms with E-state index in [0.29, 0.717) is 17.9 Å². The van der Waals surface area contributed by atoms with Crippen molar-refractivity contribution in [3.8, 4) is 5.75 Å². The van der Waals surface area contributed by atoms with Gasteiger partial charge in [-0.1, -0.05) is 12.1 Å². The number of nitrogens with zero attached hydrogens (tertiary/aromatic N) is 2. The lowest BCUT2D eigenvalue weighted by atomic mass is 10.1. The molecule has 1 atom stereocenters. The molecule has 9 nitrogen and oxygen atoms in total. The average Bonchev–Trinajstić information content (AvgIpc) is 3.01. The van der Waals surface area contributed by atoms with Gasteiger partial charge in [-0.15, -0.1) is 0 Å². The van der Waals surface area contributed by atoms with Crippen LogP contribution in [0.3, 0.4) is 0 Å². The molecule has 0 aliphatic carbocycles. The fourth-order valence-electron chi connectivity index (χ4n) is 3.49. The number of amides is 3. The second-order valence-electron chi connectivity index (χ2n) is 7.14. The zero-order chi connectivity index (χ0) is 22.8. The lowest BCUT2D eigenvalue weighted by molar-refractivity contribution is -0.136. The summed E-state index contributed by atoms with van der Waals surface area (Å²) in [5.74, 6) is -0.582. The molecule has 164 valence electrons. The molecule has 10 heteroatoms. The van der Waals surface area contributed by atoms with Crippen molar-refractivity contribution >= 4 is 33.4 Å². The number of imide groups is 1. The van der Waals surface area contributed by atoms with Gasteiger partial charge in [-0.2, -0.15) is 0 Å². The number of carbonyl (C=O) groups excluding carboxylic acids is 3. The van der Waals surface area contributed by atoms with Crippen LogP contribution in [-0.4, -0.2) is 50.7 Å². The first-order valence-corrected chi connectivity index (χ1v) is 11.1. The summed E-state index contributed by atoms with van der Waals surface area (Å²) < 4.78 is 27.8. The third-order valence-corrected chi connectivity index (χ3v) is 6.06. The molecule has 1 heterocycles. The summed E-state index contributed by atoms with van der Waals surface area (Å²) in [6.07, 6.45) is 0.278. The van der Waals surface area contributed by atoms with Gasteiger partial charge in [0.25, 0.3) is 5.91 Å². The van der Waals surface area contributed by atoms with Crippen molar-refractivity contribution in [3.05, 3.63) is 54.1 Å². The first-order chi connectivity index (χ1) is 14.6. The van der Waals surface area contributed by atoms with E-state index in [0.717, 1.165) is 10.5 Å². The van der Waals surface area contributed by atoms with Crippen LogP contribution >= 0.6 is 0 Å². The molecule has 1 aliphatic heterocycles. The van der Waals surface area contributed by atoms with Crippen LogP contribution in [0, 0.1) is 0 Å². The number of nitrogens with two attached hydrogens (primary N) is 1. The van der Waals surface area contributed by atoms with Crippen LogP contribution in [-0.2, 0) is 30.8 Å². The van der Waals surface area contributed by atoms with Crippen LogP contribution in [0.2, 0.25) is 0 Å². The van der Waals surface area contributed by atoms with E-state index in [1.165, 1.54) is 31.1 Å². The minimum atomic E-state index is -3.79. The van der Waals surface area contributed by atoms with Crippen LogP contribution in [0.5, 0.6) is 5.75 Å². The number of carbonyl (C=O) groups is 3. The molecule has 1 aliphatic rings. The number of hydrogen-bond acceptors (Lipinski definition) is 6. The zero-order valence-corrected chi connectivity index (χ0v) is 18.0. The minimum Gasteiger partial charge on any atom is -0.497 e. The highest BCUT2D eigenvalue weighted by atomic mass is 32.2. The SMILES string of the molecule is COc1ccc(N2C(=O)C[C@@H](N(CCc3ccc(S(N)(=O)=O)cc3)C(C)=O)C2=O)cc1. The second kappa shape index (κ2) is 8.86. The van der Waals surface area contributed by atoms with Gasteiger partial charge in [0.2, 0.25) is 21.8 Å². The van der Waals surface area contributed by atoms with Gasteiger partial charge in [-0.3, -0.25) is 14.4 Å². The number of hydrogen-bond donors (Lipinski definition) is 1. The third-order valence-electron chi connectivity index (χ3n) is 5.13. The summed E-state index contributed by atoms with van der Waals surface area (Å²) in [4.78, 5) is 40.2. The van der Waals surface area contributed by atoms with Gasteiger partial charge in [0, 0.05) is 13.5 Å². The van der Waals surface area contributed by atoms with E-state index >= 15 is 0 Å². The molecule has 3 amide bonds. The molecule has 1 saturated heterocycles. The maximum atomic E-state index is 13.0. The van der Waals surface area contributed by atoms with Gasteiger partial charge in [-0.05, 0) is 48.4 Å². The Bertz CT molecular complexity index is 1100. The Morgan fingerprint density at radius 1 is 1.13 bits per heavy atom. The van der Waals surface area contributed by atoms with Crippen LogP contribution in [0.15, 0.2) is 53.4 Å². The van der Waals surface area contributed by atoms with Crippen molar-refractivity contribution in [1.29, 1.82) is 0 Å². The monoisotopic (exact) mass is 445 g/mol. The van der Waals surface area contributed by atoms with E-state index in [4.69, 9.17) is 9.88 Å². The van der Waals surface area contributed by atoms with E-state index in [2.05, 4.69) is 0 Å². The van der Waals surface area contributed by atoms with Gasteiger partial charge in [0.15, 0.2) is 0 Å². The number of primary sulfonamides is 1. The molecule has 0 unspecified atom stereocenters. The van der Waals surface area contributed by atoms with E-state index in [1.54, 1.807) is 36.4 Å². The molecule has 0 aromatic heterocycles. The summed E-state index contributed by atoms with van der Waals surface area (Å²) in [7, 11) is -2.27. The Hall–Kier alpha value is -3.24.